The van der Waals surface area contributed by atoms with Crippen molar-refractivity contribution in [3.63, 3.8) is 0 Å². The highest BCUT2D eigenvalue weighted by molar-refractivity contribution is 7.90. The van der Waals surface area contributed by atoms with Crippen LogP contribution in [0, 0.1) is 0 Å². The fourth-order valence-corrected chi connectivity index (χ4v) is 2.60. The van der Waals surface area contributed by atoms with Crippen molar-refractivity contribution in [2.24, 2.45) is 0 Å². The Balaban J connectivity index is 3.52. The molecule has 0 N–H and O–H groups in total. The van der Waals surface area contributed by atoms with E-state index in [9.17, 15) is 8.42 Å². The number of aromatic nitrogens is 1. The first-order valence-electron chi connectivity index (χ1n) is 5.35. The Morgan fingerprint density at radius 2 is 1.88 bits per heavy atom. The van der Waals surface area contributed by atoms with Crippen LogP contribution in [0.25, 0.3) is 0 Å². The van der Waals surface area contributed by atoms with Crippen LogP contribution in [0.5, 0.6) is 0 Å². The van der Waals surface area contributed by atoms with Gasteiger partial charge >= 0.3 is 0 Å². The van der Waals surface area contributed by atoms with Crippen LogP contribution in [0.2, 0.25) is 0 Å². The zero-order valence-corrected chi connectivity index (χ0v) is 11.4. The lowest BCUT2D eigenvalue weighted by molar-refractivity contribution is 0.543. The number of sulfone groups is 1. The largest absolute Gasteiger partial charge is 0.259 e. The van der Waals surface area contributed by atoms with Gasteiger partial charge in [0.15, 0.2) is 9.84 Å². The monoisotopic (exact) mass is 241 g/mol. The van der Waals surface area contributed by atoms with E-state index in [0.29, 0.717) is 10.6 Å². The molecule has 16 heavy (non-hydrogen) atoms. The van der Waals surface area contributed by atoms with Crippen LogP contribution in [-0.4, -0.2) is 19.7 Å². The predicted molar refractivity (Wildman–Crippen MR) is 65.4 cm³/mol. The Labute approximate surface area is 97.8 Å². The first kappa shape index (κ1) is 13.2. The molecule has 0 radical (unpaired) electrons. The second kappa shape index (κ2) is 4.17. The third kappa shape index (κ3) is 2.82. The summed E-state index contributed by atoms with van der Waals surface area (Å²) in [6.45, 7) is 7.89. The predicted octanol–water partition coefficient (Wildman–Crippen LogP) is 2.35. The summed E-state index contributed by atoms with van der Waals surface area (Å²) in [4.78, 5) is 4.67. The van der Waals surface area contributed by atoms with Crippen LogP contribution in [0.3, 0.4) is 0 Å². The van der Waals surface area contributed by atoms with E-state index in [1.165, 1.54) is 6.26 Å². The molecule has 1 aromatic rings. The first-order chi connectivity index (χ1) is 7.16. The number of nitrogens with zero attached hydrogens (tertiary/aromatic N) is 1. The number of hydrogen-bond donors (Lipinski definition) is 0. The molecule has 0 saturated heterocycles. The maximum Gasteiger partial charge on any atom is 0.177 e. The molecule has 0 aliphatic rings. The van der Waals surface area contributed by atoms with Crippen LogP contribution >= 0.6 is 0 Å². The zero-order chi connectivity index (χ0) is 12.6. The van der Waals surface area contributed by atoms with Crippen molar-refractivity contribution in [3.05, 3.63) is 23.5 Å². The first-order valence-corrected chi connectivity index (χ1v) is 7.25. The minimum Gasteiger partial charge on any atom is -0.259 e. The summed E-state index contributed by atoms with van der Waals surface area (Å²) < 4.78 is 23.5. The standard InChI is InChI=1S/C12H19NO2S/c1-6-9-7-10(16(5,14)15)11(13-8-9)12(2,3)4/h7-8H,6H2,1-5H3. The van der Waals surface area contributed by atoms with Crippen molar-refractivity contribution < 1.29 is 8.42 Å². The summed E-state index contributed by atoms with van der Waals surface area (Å²) in [5.74, 6) is 0. The molecule has 0 aromatic carbocycles. The van der Waals surface area contributed by atoms with Crippen LogP contribution in [0.4, 0.5) is 0 Å². The van der Waals surface area contributed by atoms with E-state index in [4.69, 9.17) is 0 Å². The Morgan fingerprint density at radius 3 is 2.25 bits per heavy atom. The highest BCUT2D eigenvalue weighted by Crippen LogP contribution is 2.27. The van der Waals surface area contributed by atoms with Crippen LogP contribution in [0.1, 0.15) is 39.0 Å². The Kier molecular flexibility index (Phi) is 3.43. The van der Waals surface area contributed by atoms with Gasteiger partial charge in [0.2, 0.25) is 0 Å². The van der Waals surface area contributed by atoms with Gasteiger partial charge in [-0.15, -0.1) is 0 Å². The number of aryl methyl sites for hydroxylation is 1. The van der Waals surface area contributed by atoms with E-state index in [1.54, 1.807) is 12.3 Å². The summed E-state index contributed by atoms with van der Waals surface area (Å²) in [7, 11) is -3.21. The molecule has 90 valence electrons. The van der Waals surface area contributed by atoms with Gasteiger partial charge < -0.3 is 0 Å². The van der Waals surface area contributed by atoms with Crippen molar-refractivity contribution in [1.82, 2.24) is 4.98 Å². The van der Waals surface area contributed by atoms with E-state index in [2.05, 4.69) is 4.98 Å². The second-order valence-electron chi connectivity index (χ2n) is 5.07. The Bertz CT molecular complexity index is 484. The minimum absolute atomic E-state index is 0.259. The van der Waals surface area contributed by atoms with Gasteiger partial charge in [-0.1, -0.05) is 27.7 Å². The fraction of sp³-hybridized carbons (Fsp3) is 0.583. The van der Waals surface area contributed by atoms with E-state index >= 15 is 0 Å². The van der Waals surface area contributed by atoms with Gasteiger partial charge in [0.05, 0.1) is 10.6 Å². The van der Waals surface area contributed by atoms with Gasteiger partial charge in [-0.05, 0) is 18.1 Å². The van der Waals surface area contributed by atoms with Gasteiger partial charge in [0.25, 0.3) is 0 Å². The number of hydrogen-bond acceptors (Lipinski definition) is 3. The third-order valence-corrected chi connectivity index (χ3v) is 3.54. The lowest BCUT2D eigenvalue weighted by atomic mass is 9.91. The summed E-state index contributed by atoms with van der Waals surface area (Å²) >= 11 is 0. The Morgan fingerprint density at radius 1 is 1.31 bits per heavy atom. The molecule has 0 aliphatic heterocycles. The van der Waals surface area contributed by atoms with Crippen LogP contribution in [-0.2, 0) is 21.7 Å². The molecule has 0 aliphatic carbocycles. The maximum atomic E-state index is 11.7. The van der Waals surface area contributed by atoms with E-state index in [0.717, 1.165) is 12.0 Å². The van der Waals surface area contributed by atoms with Crippen molar-refractivity contribution in [3.8, 4) is 0 Å². The second-order valence-corrected chi connectivity index (χ2v) is 7.05. The molecular weight excluding hydrogens is 222 g/mol. The number of pyridine rings is 1. The highest BCUT2D eigenvalue weighted by Gasteiger charge is 2.24. The van der Waals surface area contributed by atoms with Gasteiger partial charge in [0, 0.05) is 17.9 Å². The molecular formula is C12H19NO2S. The van der Waals surface area contributed by atoms with Crippen molar-refractivity contribution in [2.45, 2.75) is 44.4 Å². The van der Waals surface area contributed by atoms with Crippen molar-refractivity contribution >= 4 is 9.84 Å². The fourth-order valence-electron chi connectivity index (χ4n) is 1.52. The maximum absolute atomic E-state index is 11.7. The summed E-state index contributed by atoms with van der Waals surface area (Å²) in [5.41, 5.74) is 1.34. The molecule has 1 aromatic heterocycles. The lowest BCUT2D eigenvalue weighted by Crippen LogP contribution is -2.19. The molecule has 0 saturated carbocycles. The van der Waals surface area contributed by atoms with Crippen LogP contribution in [0.15, 0.2) is 17.2 Å². The van der Waals surface area contributed by atoms with E-state index in [1.807, 2.05) is 27.7 Å². The van der Waals surface area contributed by atoms with E-state index in [-0.39, 0.29) is 5.41 Å². The summed E-state index contributed by atoms with van der Waals surface area (Å²) in [5, 5.41) is 0. The number of rotatable bonds is 2. The third-order valence-electron chi connectivity index (χ3n) is 2.43. The summed E-state index contributed by atoms with van der Waals surface area (Å²) in [6.07, 6.45) is 3.79. The average molecular weight is 241 g/mol. The van der Waals surface area contributed by atoms with Gasteiger partial charge in [0.1, 0.15) is 0 Å². The molecule has 0 spiro atoms. The van der Waals surface area contributed by atoms with Crippen molar-refractivity contribution in [2.75, 3.05) is 6.26 Å². The van der Waals surface area contributed by atoms with Crippen LogP contribution < -0.4 is 0 Å². The normalized spacial score (nSPS) is 12.8. The topological polar surface area (TPSA) is 47.0 Å². The van der Waals surface area contributed by atoms with Crippen molar-refractivity contribution in [1.29, 1.82) is 0 Å². The Hall–Kier alpha value is -0.900. The molecule has 0 amide bonds. The molecule has 0 bridgehead atoms. The van der Waals surface area contributed by atoms with Gasteiger partial charge in [-0.3, -0.25) is 4.98 Å². The van der Waals surface area contributed by atoms with Gasteiger partial charge in [-0.25, -0.2) is 8.42 Å². The molecule has 1 rings (SSSR count). The highest BCUT2D eigenvalue weighted by atomic mass is 32.2. The average Bonchev–Trinajstić information content (AvgIpc) is 2.14. The molecule has 0 unspecified atom stereocenters. The van der Waals surface area contributed by atoms with E-state index < -0.39 is 9.84 Å². The molecule has 0 fully saturated rings. The molecule has 3 nitrogen and oxygen atoms in total. The SMILES string of the molecule is CCc1cnc(C(C)(C)C)c(S(C)(=O)=O)c1. The zero-order valence-electron chi connectivity index (χ0n) is 10.5. The minimum atomic E-state index is -3.21. The molecule has 4 heteroatoms. The quantitative estimate of drug-likeness (QED) is 0.798. The molecule has 1 heterocycles. The van der Waals surface area contributed by atoms with Gasteiger partial charge in [-0.2, -0.15) is 0 Å². The smallest absolute Gasteiger partial charge is 0.177 e. The summed E-state index contributed by atoms with van der Waals surface area (Å²) in [6, 6.07) is 1.74. The molecule has 0 atom stereocenters. The lowest BCUT2D eigenvalue weighted by Gasteiger charge is -2.21.